The lowest BCUT2D eigenvalue weighted by molar-refractivity contribution is -0.136. The average molecular weight is 406 g/mol. The molecule has 1 fully saturated rings. The molecule has 3 aromatic rings. The van der Waals surface area contributed by atoms with Crippen molar-refractivity contribution in [1.82, 2.24) is 30.1 Å². The van der Waals surface area contributed by atoms with E-state index in [0.29, 0.717) is 35.8 Å². The smallest absolute Gasteiger partial charge is 0.325 e. The van der Waals surface area contributed by atoms with Crippen molar-refractivity contribution in [2.45, 2.75) is 18.5 Å². The lowest BCUT2D eigenvalue weighted by atomic mass is 9.84. The number of nitrogens with zero attached hydrogens (tertiary/aromatic N) is 4. The van der Waals surface area contributed by atoms with E-state index in [1.165, 1.54) is 0 Å². The van der Waals surface area contributed by atoms with E-state index in [0.717, 1.165) is 4.90 Å². The van der Waals surface area contributed by atoms with Gasteiger partial charge in [-0.15, -0.1) is 10.2 Å². The van der Waals surface area contributed by atoms with Gasteiger partial charge in [-0.3, -0.25) is 18.9 Å². The molecule has 1 atom stereocenters. The maximum absolute atomic E-state index is 13.2. The molecule has 0 radical (unpaired) electrons. The van der Waals surface area contributed by atoms with E-state index in [9.17, 15) is 14.4 Å². The molecule has 1 spiro atoms. The summed E-state index contributed by atoms with van der Waals surface area (Å²) in [5.74, 6) is 0.184. The maximum Gasteiger partial charge on any atom is 0.325 e. The number of urea groups is 1. The summed E-state index contributed by atoms with van der Waals surface area (Å²) < 4.78 is 7.36. The summed E-state index contributed by atoms with van der Waals surface area (Å²) in [6.07, 6.45) is 2.10. The largest absolute Gasteiger partial charge is 0.493 e. The number of para-hydroxylation sites is 1. The molecule has 1 saturated heterocycles. The Balaban J connectivity index is 1.30. The van der Waals surface area contributed by atoms with E-state index < -0.39 is 23.4 Å². The van der Waals surface area contributed by atoms with Crippen molar-refractivity contribution in [3.63, 3.8) is 0 Å². The van der Waals surface area contributed by atoms with Gasteiger partial charge in [0.05, 0.1) is 13.2 Å². The van der Waals surface area contributed by atoms with Gasteiger partial charge < -0.3 is 15.4 Å². The predicted octanol–water partition coefficient (Wildman–Crippen LogP) is 0.575. The first-order chi connectivity index (χ1) is 14.6. The van der Waals surface area contributed by atoms with Gasteiger partial charge in [0.2, 0.25) is 5.91 Å². The highest BCUT2D eigenvalue weighted by atomic mass is 16.5. The highest BCUT2D eigenvalue weighted by Gasteiger charge is 2.55. The molecule has 0 bridgehead atoms. The number of ether oxygens (including phenoxy) is 1. The molecule has 2 N–H and O–H groups in total. The summed E-state index contributed by atoms with van der Waals surface area (Å²) in [6.45, 7) is 0.0324. The number of benzene rings is 1. The topological polar surface area (TPSA) is 118 Å². The second-order valence-corrected chi connectivity index (χ2v) is 7.14. The van der Waals surface area contributed by atoms with E-state index in [1.807, 2.05) is 12.1 Å². The van der Waals surface area contributed by atoms with Crippen LogP contribution >= 0.6 is 0 Å². The molecule has 4 heterocycles. The van der Waals surface area contributed by atoms with Crippen LogP contribution < -0.4 is 15.4 Å². The number of nitrogens with one attached hydrogen (secondary N) is 2. The van der Waals surface area contributed by atoms with Gasteiger partial charge >= 0.3 is 6.03 Å². The lowest BCUT2D eigenvalue weighted by Crippen LogP contribution is -2.48. The number of imide groups is 1. The molecular formula is C20H18N6O4. The van der Waals surface area contributed by atoms with E-state index in [2.05, 4.69) is 20.8 Å². The Kier molecular flexibility index (Phi) is 4.12. The third-order valence-electron chi connectivity index (χ3n) is 5.39. The first kappa shape index (κ1) is 18.1. The molecule has 1 aromatic carbocycles. The number of pyridine rings is 1. The monoisotopic (exact) mass is 406 g/mol. The molecule has 2 aliphatic rings. The fraction of sp³-hybridized carbons (Fsp3) is 0.250. The number of hydrogen-bond acceptors (Lipinski definition) is 6. The van der Waals surface area contributed by atoms with Crippen LogP contribution in [0.1, 0.15) is 17.8 Å². The molecule has 2 aliphatic heterocycles. The van der Waals surface area contributed by atoms with Crippen molar-refractivity contribution >= 4 is 23.5 Å². The van der Waals surface area contributed by atoms with Crippen LogP contribution in [0.2, 0.25) is 0 Å². The molecule has 0 saturated carbocycles. The number of carbonyl (C=O) groups is 3. The molecule has 30 heavy (non-hydrogen) atoms. The van der Waals surface area contributed by atoms with Crippen LogP contribution in [-0.4, -0.2) is 50.5 Å². The third-order valence-corrected chi connectivity index (χ3v) is 5.39. The van der Waals surface area contributed by atoms with Crippen molar-refractivity contribution in [2.24, 2.45) is 0 Å². The summed E-state index contributed by atoms with van der Waals surface area (Å²) in [5, 5.41) is 13.5. The van der Waals surface area contributed by atoms with Crippen molar-refractivity contribution in [2.75, 3.05) is 13.2 Å². The Morgan fingerprint density at radius 3 is 2.90 bits per heavy atom. The Morgan fingerprint density at radius 1 is 1.17 bits per heavy atom. The van der Waals surface area contributed by atoms with Crippen LogP contribution in [0.15, 0.2) is 48.7 Å². The van der Waals surface area contributed by atoms with Gasteiger partial charge in [0.1, 0.15) is 12.3 Å². The summed E-state index contributed by atoms with van der Waals surface area (Å²) in [7, 11) is 0. The lowest BCUT2D eigenvalue weighted by Gasteiger charge is -2.33. The summed E-state index contributed by atoms with van der Waals surface area (Å²) in [4.78, 5) is 39.2. The standard InChI is InChI=1S/C20H18N6O4/c27-17(21-11-16-24-23-15-7-3-4-9-25(15)16)12-26-18(28)20(22-19(26)29)8-10-30-14-6-2-1-5-13(14)20/h1-7,9H,8,10-12H2,(H,21,27)(H,22,29)/t20-/m1/s1. The van der Waals surface area contributed by atoms with Crippen LogP contribution in [0, 0.1) is 0 Å². The summed E-state index contributed by atoms with van der Waals surface area (Å²) in [5.41, 5.74) is 0.0681. The van der Waals surface area contributed by atoms with E-state index in [-0.39, 0.29) is 13.1 Å². The number of rotatable bonds is 4. The quantitative estimate of drug-likeness (QED) is 0.612. The van der Waals surface area contributed by atoms with Crippen molar-refractivity contribution in [3.05, 3.63) is 60.0 Å². The van der Waals surface area contributed by atoms with Crippen molar-refractivity contribution in [3.8, 4) is 5.75 Å². The fourth-order valence-corrected chi connectivity index (χ4v) is 3.90. The SMILES string of the molecule is O=C(CN1C(=O)N[C@@]2(CCOc3ccccc32)C1=O)NCc1nnc2ccccn12. The van der Waals surface area contributed by atoms with Crippen LogP contribution in [0.4, 0.5) is 4.79 Å². The second-order valence-electron chi connectivity index (χ2n) is 7.14. The van der Waals surface area contributed by atoms with Crippen LogP contribution in [0.5, 0.6) is 5.75 Å². The number of fused-ring (bicyclic) bond motifs is 3. The first-order valence-electron chi connectivity index (χ1n) is 9.50. The maximum atomic E-state index is 13.2. The highest BCUT2D eigenvalue weighted by Crippen LogP contribution is 2.40. The second kappa shape index (κ2) is 6.83. The predicted molar refractivity (Wildman–Crippen MR) is 103 cm³/mol. The van der Waals surface area contributed by atoms with E-state index in [1.54, 1.807) is 40.9 Å². The molecule has 2 aromatic heterocycles. The van der Waals surface area contributed by atoms with Gasteiger partial charge in [-0.1, -0.05) is 24.3 Å². The van der Waals surface area contributed by atoms with E-state index in [4.69, 9.17) is 4.74 Å². The zero-order chi connectivity index (χ0) is 20.7. The fourth-order valence-electron chi connectivity index (χ4n) is 3.90. The number of hydrogen-bond donors (Lipinski definition) is 2. The zero-order valence-electron chi connectivity index (χ0n) is 15.9. The molecule has 0 unspecified atom stereocenters. The zero-order valence-corrected chi connectivity index (χ0v) is 15.9. The number of aromatic nitrogens is 3. The molecule has 4 amide bonds. The Bertz CT molecular complexity index is 1170. The highest BCUT2D eigenvalue weighted by molar-refractivity contribution is 6.09. The molecule has 0 aliphatic carbocycles. The van der Waals surface area contributed by atoms with Gasteiger partial charge in [0, 0.05) is 18.2 Å². The molecule has 10 nitrogen and oxygen atoms in total. The van der Waals surface area contributed by atoms with Crippen LogP contribution in [0.25, 0.3) is 5.65 Å². The Labute approximate surface area is 170 Å². The minimum Gasteiger partial charge on any atom is -0.493 e. The summed E-state index contributed by atoms with van der Waals surface area (Å²) >= 11 is 0. The minimum atomic E-state index is -1.20. The van der Waals surface area contributed by atoms with Gasteiger partial charge in [0.25, 0.3) is 5.91 Å². The Hall–Kier alpha value is -3.95. The molecule has 152 valence electrons. The van der Waals surface area contributed by atoms with Crippen LogP contribution in [0.3, 0.4) is 0 Å². The van der Waals surface area contributed by atoms with Crippen molar-refractivity contribution in [1.29, 1.82) is 0 Å². The minimum absolute atomic E-state index is 0.121. The third kappa shape index (κ3) is 2.76. The van der Waals surface area contributed by atoms with Gasteiger partial charge in [-0.05, 0) is 18.2 Å². The van der Waals surface area contributed by atoms with Gasteiger partial charge in [-0.2, -0.15) is 0 Å². The van der Waals surface area contributed by atoms with Gasteiger partial charge in [0.15, 0.2) is 17.0 Å². The van der Waals surface area contributed by atoms with E-state index >= 15 is 0 Å². The molecule has 5 rings (SSSR count). The first-order valence-corrected chi connectivity index (χ1v) is 9.50. The average Bonchev–Trinajstić information content (AvgIpc) is 3.28. The summed E-state index contributed by atoms with van der Waals surface area (Å²) in [6, 6.07) is 12.0. The van der Waals surface area contributed by atoms with Crippen LogP contribution in [-0.2, 0) is 21.7 Å². The molecular weight excluding hydrogens is 388 g/mol. The van der Waals surface area contributed by atoms with Gasteiger partial charge in [-0.25, -0.2) is 4.79 Å². The Morgan fingerprint density at radius 2 is 2.00 bits per heavy atom. The molecule has 10 heteroatoms. The number of amides is 4. The van der Waals surface area contributed by atoms with Crippen molar-refractivity contribution < 1.29 is 19.1 Å². The number of carbonyl (C=O) groups excluding carboxylic acids is 3. The normalized spacial score (nSPS) is 20.2.